The van der Waals surface area contributed by atoms with Crippen molar-refractivity contribution in [3.8, 4) is 0 Å². The molecule has 1 aliphatic carbocycles. The molecule has 3 rings (SSSR count). The van der Waals surface area contributed by atoms with Gasteiger partial charge < -0.3 is 10.6 Å². The molecule has 1 aliphatic rings. The number of hydrogen-bond donors (Lipinski definition) is 2. The van der Waals surface area contributed by atoms with Crippen molar-refractivity contribution in [2.24, 2.45) is 0 Å². The third kappa shape index (κ3) is 3.49. The van der Waals surface area contributed by atoms with Crippen LogP contribution in [-0.4, -0.2) is 22.7 Å². The second kappa shape index (κ2) is 5.97. The largest absolute Gasteiger partial charge is 0.381 e. The van der Waals surface area contributed by atoms with Crippen LogP contribution in [0.25, 0.3) is 0 Å². The van der Waals surface area contributed by atoms with E-state index in [2.05, 4.69) is 15.6 Å². The lowest BCUT2D eigenvalue weighted by atomic mass is 10.1. The molecule has 1 heterocycles. The number of amides is 1. The first kappa shape index (κ1) is 14.3. The summed E-state index contributed by atoms with van der Waals surface area (Å²) in [5, 5.41) is 6.10. The molecule has 0 atom stereocenters. The Morgan fingerprint density at radius 1 is 1.09 bits per heavy atom. The fourth-order valence-electron chi connectivity index (χ4n) is 2.13. The van der Waals surface area contributed by atoms with Crippen molar-refractivity contribution in [1.29, 1.82) is 0 Å². The van der Waals surface area contributed by atoms with E-state index in [4.69, 9.17) is 0 Å². The summed E-state index contributed by atoms with van der Waals surface area (Å²) < 4.78 is 0. The molecule has 22 heavy (non-hydrogen) atoms. The van der Waals surface area contributed by atoms with Crippen molar-refractivity contribution in [2.75, 3.05) is 10.6 Å². The second-order valence-electron chi connectivity index (χ2n) is 5.47. The van der Waals surface area contributed by atoms with E-state index < -0.39 is 0 Å². The van der Waals surface area contributed by atoms with Crippen LogP contribution in [0.4, 0.5) is 11.4 Å². The lowest BCUT2D eigenvalue weighted by Crippen LogP contribution is -2.13. The molecule has 0 spiro atoms. The maximum atomic E-state index is 12.3. The van der Waals surface area contributed by atoms with Gasteiger partial charge in [0, 0.05) is 29.7 Å². The zero-order chi connectivity index (χ0) is 15.5. The van der Waals surface area contributed by atoms with Gasteiger partial charge in [0.15, 0.2) is 5.78 Å². The Bertz CT molecular complexity index is 723. The van der Waals surface area contributed by atoms with Crippen LogP contribution in [0.2, 0.25) is 0 Å². The molecule has 1 fully saturated rings. The van der Waals surface area contributed by atoms with Crippen LogP contribution in [0.3, 0.4) is 0 Å². The van der Waals surface area contributed by atoms with Gasteiger partial charge in [0.1, 0.15) is 0 Å². The fourth-order valence-corrected chi connectivity index (χ4v) is 2.13. The Labute approximate surface area is 128 Å². The summed E-state index contributed by atoms with van der Waals surface area (Å²) in [6.45, 7) is 1.50. The van der Waals surface area contributed by atoms with Gasteiger partial charge in [-0.1, -0.05) is 12.1 Å². The predicted molar refractivity (Wildman–Crippen MR) is 85.3 cm³/mol. The van der Waals surface area contributed by atoms with Crippen molar-refractivity contribution < 1.29 is 9.59 Å². The molecule has 2 N–H and O–H groups in total. The highest BCUT2D eigenvalue weighted by Crippen LogP contribution is 2.24. The summed E-state index contributed by atoms with van der Waals surface area (Å²) in [7, 11) is 0. The molecule has 1 aromatic carbocycles. The maximum Gasteiger partial charge on any atom is 0.257 e. The van der Waals surface area contributed by atoms with Gasteiger partial charge in [-0.2, -0.15) is 0 Å². The van der Waals surface area contributed by atoms with Crippen molar-refractivity contribution in [3.05, 3.63) is 53.9 Å². The standard InChI is InChI=1S/C17H17N3O2/c1-11(21)12-3-2-4-15(7-12)20-17(22)13-8-16(10-18-9-13)19-14-5-6-14/h2-4,7-10,14,19H,5-6H2,1H3,(H,20,22). The smallest absolute Gasteiger partial charge is 0.257 e. The van der Waals surface area contributed by atoms with E-state index in [0.717, 1.165) is 18.5 Å². The van der Waals surface area contributed by atoms with Crippen molar-refractivity contribution in [1.82, 2.24) is 4.98 Å². The molecule has 1 saturated carbocycles. The highest BCUT2D eigenvalue weighted by Gasteiger charge is 2.21. The quantitative estimate of drug-likeness (QED) is 0.831. The fraction of sp³-hybridized carbons (Fsp3) is 0.235. The minimum atomic E-state index is -0.243. The third-order valence-electron chi connectivity index (χ3n) is 3.48. The summed E-state index contributed by atoms with van der Waals surface area (Å²) in [5.41, 5.74) is 2.50. The minimum absolute atomic E-state index is 0.0339. The maximum absolute atomic E-state index is 12.3. The van der Waals surface area contributed by atoms with Crippen LogP contribution < -0.4 is 10.6 Å². The summed E-state index contributed by atoms with van der Waals surface area (Å²) in [4.78, 5) is 27.8. The molecule has 5 heteroatoms. The first-order valence-electron chi connectivity index (χ1n) is 7.26. The van der Waals surface area contributed by atoms with Gasteiger partial charge in [-0.05, 0) is 38.0 Å². The zero-order valence-corrected chi connectivity index (χ0v) is 12.3. The van der Waals surface area contributed by atoms with Crippen molar-refractivity contribution in [3.63, 3.8) is 0 Å². The summed E-state index contributed by atoms with van der Waals surface area (Å²) >= 11 is 0. The first-order valence-corrected chi connectivity index (χ1v) is 7.26. The van der Waals surface area contributed by atoms with E-state index in [-0.39, 0.29) is 11.7 Å². The summed E-state index contributed by atoms with van der Waals surface area (Å²) in [5.74, 6) is -0.277. The second-order valence-corrected chi connectivity index (χ2v) is 5.47. The third-order valence-corrected chi connectivity index (χ3v) is 3.48. The number of anilines is 2. The van der Waals surface area contributed by atoms with Gasteiger partial charge in [-0.3, -0.25) is 14.6 Å². The summed E-state index contributed by atoms with van der Waals surface area (Å²) in [6.07, 6.45) is 5.57. The van der Waals surface area contributed by atoms with E-state index in [1.165, 1.54) is 13.1 Å². The van der Waals surface area contributed by atoms with Crippen molar-refractivity contribution >= 4 is 23.1 Å². The molecule has 0 unspecified atom stereocenters. The molecular weight excluding hydrogens is 278 g/mol. The molecule has 1 amide bonds. The molecule has 0 radical (unpaired) electrons. The van der Waals surface area contributed by atoms with E-state index in [0.29, 0.717) is 22.9 Å². The van der Waals surface area contributed by atoms with Gasteiger partial charge in [-0.25, -0.2) is 0 Å². The highest BCUT2D eigenvalue weighted by molar-refractivity contribution is 6.05. The monoisotopic (exact) mass is 295 g/mol. The normalized spacial score (nSPS) is 13.5. The number of carbonyl (C=O) groups is 2. The number of hydrogen-bond acceptors (Lipinski definition) is 4. The topological polar surface area (TPSA) is 71.1 Å². The number of aromatic nitrogens is 1. The van der Waals surface area contributed by atoms with Crippen LogP contribution in [0.15, 0.2) is 42.7 Å². The molecule has 0 saturated heterocycles. The molecule has 0 bridgehead atoms. The number of nitrogens with one attached hydrogen (secondary N) is 2. The van der Waals surface area contributed by atoms with Crippen molar-refractivity contribution in [2.45, 2.75) is 25.8 Å². The van der Waals surface area contributed by atoms with Crippen LogP contribution in [0.5, 0.6) is 0 Å². The van der Waals surface area contributed by atoms with E-state index >= 15 is 0 Å². The van der Waals surface area contributed by atoms with Crippen LogP contribution in [-0.2, 0) is 0 Å². The molecule has 1 aromatic heterocycles. The van der Waals surface area contributed by atoms with Crippen LogP contribution in [0, 0.1) is 0 Å². The van der Waals surface area contributed by atoms with Gasteiger partial charge in [0.2, 0.25) is 0 Å². The van der Waals surface area contributed by atoms with Gasteiger partial charge >= 0.3 is 0 Å². The van der Waals surface area contributed by atoms with Gasteiger partial charge in [-0.15, -0.1) is 0 Å². The Morgan fingerprint density at radius 3 is 2.59 bits per heavy atom. The molecule has 5 nitrogen and oxygen atoms in total. The van der Waals surface area contributed by atoms with Crippen LogP contribution >= 0.6 is 0 Å². The number of ketones is 1. The van der Waals surface area contributed by atoms with E-state index in [1.54, 1.807) is 36.5 Å². The SMILES string of the molecule is CC(=O)c1cccc(NC(=O)c2cncc(NC3CC3)c2)c1. The first-order chi connectivity index (χ1) is 10.6. The number of carbonyl (C=O) groups excluding carboxylic acids is 2. The zero-order valence-electron chi connectivity index (χ0n) is 12.3. The lowest BCUT2D eigenvalue weighted by Gasteiger charge is -2.08. The molecule has 0 aliphatic heterocycles. The number of benzene rings is 1. The Balaban J connectivity index is 1.73. The predicted octanol–water partition coefficient (Wildman–Crippen LogP) is 3.11. The Kier molecular flexibility index (Phi) is 3.87. The minimum Gasteiger partial charge on any atom is -0.381 e. The average molecular weight is 295 g/mol. The number of pyridine rings is 1. The molecule has 2 aromatic rings. The Hall–Kier alpha value is -2.69. The van der Waals surface area contributed by atoms with Gasteiger partial charge in [0.05, 0.1) is 11.3 Å². The number of nitrogens with zero attached hydrogens (tertiary/aromatic N) is 1. The molecular formula is C17H17N3O2. The van der Waals surface area contributed by atoms with E-state index in [9.17, 15) is 9.59 Å². The molecule has 112 valence electrons. The summed E-state index contributed by atoms with van der Waals surface area (Å²) in [6, 6.07) is 9.18. The lowest BCUT2D eigenvalue weighted by molar-refractivity contribution is 0.101. The average Bonchev–Trinajstić information content (AvgIpc) is 3.31. The number of Topliss-reactive ketones (excluding diaryl/α,β-unsaturated/α-hetero) is 1. The highest BCUT2D eigenvalue weighted by atomic mass is 16.1. The number of rotatable bonds is 5. The Morgan fingerprint density at radius 2 is 1.86 bits per heavy atom. The van der Waals surface area contributed by atoms with Gasteiger partial charge in [0.25, 0.3) is 5.91 Å². The van der Waals surface area contributed by atoms with E-state index in [1.807, 2.05) is 0 Å². The van der Waals surface area contributed by atoms with Crippen LogP contribution in [0.1, 0.15) is 40.5 Å².